The summed E-state index contributed by atoms with van der Waals surface area (Å²) >= 11 is 0. The van der Waals surface area contributed by atoms with Crippen LogP contribution in [0, 0.1) is 13.8 Å². The van der Waals surface area contributed by atoms with Gasteiger partial charge in [-0.25, -0.2) is 4.79 Å². The van der Waals surface area contributed by atoms with Crippen molar-refractivity contribution in [3.05, 3.63) is 65.2 Å². The molecule has 0 aliphatic heterocycles. The molecule has 120 valence electrons. The Labute approximate surface area is 137 Å². The van der Waals surface area contributed by atoms with Crippen LogP contribution in [-0.2, 0) is 0 Å². The molecule has 0 spiro atoms. The average Bonchev–Trinajstić information content (AvgIpc) is 2.47. The lowest BCUT2D eigenvalue weighted by Crippen LogP contribution is -2.45. The number of amides is 3. The zero-order valence-electron chi connectivity index (χ0n) is 14.0. The molecule has 0 bridgehead atoms. The number of rotatable bonds is 3. The van der Waals surface area contributed by atoms with E-state index in [1.54, 1.807) is 12.1 Å². The number of hydrogen-bond acceptors (Lipinski definition) is 2. The molecule has 4 nitrogen and oxygen atoms in total. The summed E-state index contributed by atoms with van der Waals surface area (Å²) < 4.78 is 0. The summed E-state index contributed by atoms with van der Waals surface area (Å²) in [5.41, 5.74) is 2.99. The normalized spacial score (nSPS) is 10.5. The van der Waals surface area contributed by atoms with E-state index in [0.29, 0.717) is 11.3 Å². The predicted molar refractivity (Wildman–Crippen MR) is 92.7 cm³/mol. The van der Waals surface area contributed by atoms with E-state index < -0.39 is 6.03 Å². The number of urea groups is 1. The van der Waals surface area contributed by atoms with E-state index in [1.807, 2.05) is 64.1 Å². The van der Waals surface area contributed by atoms with Crippen molar-refractivity contribution in [3.63, 3.8) is 0 Å². The molecule has 0 saturated carbocycles. The second-order valence-electron chi connectivity index (χ2n) is 5.83. The lowest BCUT2D eigenvalue weighted by atomic mass is 10.0. The molecule has 0 saturated heterocycles. The highest BCUT2D eigenvalue weighted by Crippen LogP contribution is 2.18. The molecule has 1 N–H and O–H groups in total. The third kappa shape index (κ3) is 3.77. The standard InChI is InChI=1S/C19H22N2O2/c1-13(2)21(19(23)20-16-11-6-5-7-12-16)18(22)17-14(3)9-8-10-15(17)4/h5-13H,1-4H3,(H,20,23). The third-order valence-corrected chi connectivity index (χ3v) is 3.67. The smallest absolute Gasteiger partial charge is 0.307 e. The Kier molecular flexibility index (Phi) is 5.16. The first-order valence-corrected chi connectivity index (χ1v) is 7.67. The summed E-state index contributed by atoms with van der Waals surface area (Å²) in [6.45, 7) is 7.42. The number of imide groups is 1. The molecule has 3 amide bonds. The Morgan fingerprint density at radius 3 is 2.00 bits per heavy atom. The van der Waals surface area contributed by atoms with E-state index in [4.69, 9.17) is 0 Å². The number of para-hydroxylation sites is 1. The van der Waals surface area contributed by atoms with E-state index in [0.717, 1.165) is 11.1 Å². The van der Waals surface area contributed by atoms with Gasteiger partial charge in [-0.1, -0.05) is 36.4 Å². The van der Waals surface area contributed by atoms with Crippen LogP contribution in [0.25, 0.3) is 0 Å². The lowest BCUT2D eigenvalue weighted by Gasteiger charge is -2.26. The molecule has 0 radical (unpaired) electrons. The molecular weight excluding hydrogens is 288 g/mol. The summed E-state index contributed by atoms with van der Waals surface area (Å²) in [5.74, 6) is -0.274. The molecule has 0 unspecified atom stereocenters. The predicted octanol–water partition coefficient (Wildman–Crippen LogP) is 4.39. The van der Waals surface area contributed by atoms with Crippen molar-refractivity contribution in [1.29, 1.82) is 0 Å². The largest absolute Gasteiger partial charge is 0.329 e. The maximum absolute atomic E-state index is 12.9. The highest BCUT2D eigenvalue weighted by atomic mass is 16.2. The SMILES string of the molecule is Cc1cccc(C)c1C(=O)N(C(=O)Nc1ccccc1)C(C)C. The first kappa shape index (κ1) is 16.7. The van der Waals surface area contributed by atoms with Gasteiger partial charge >= 0.3 is 6.03 Å². The minimum Gasteiger partial charge on any atom is -0.307 e. The number of anilines is 1. The van der Waals surface area contributed by atoms with Gasteiger partial charge in [0.1, 0.15) is 0 Å². The van der Waals surface area contributed by atoms with Gasteiger partial charge in [-0.05, 0) is 51.0 Å². The van der Waals surface area contributed by atoms with Crippen LogP contribution >= 0.6 is 0 Å². The average molecular weight is 310 g/mol. The molecule has 23 heavy (non-hydrogen) atoms. The third-order valence-electron chi connectivity index (χ3n) is 3.67. The van der Waals surface area contributed by atoms with Crippen molar-refractivity contribution in [1.82, 2.24) is 4.90 Å². The number of aryl methyl sites for hydroxylation is 2. The molecule has 0 fully saturated rings. The molecule has 2 aromatic rings. The van der Waals surface area contributed by atoms with E-state index in [-0.39, 0.29) is 11.9 Å². The Bertz CT molecular complexity index is 688. The van der Waals surface area contributed by atoms with Crippen molar-refractivity contribution < 1.29 is 9.59 Å². The van der Waals surface area contributed by atoms with Crippen molar-refractivity contribution in [2.45, 2.75) is 33.7 Å². The minimum absolute atomic E-state index is 0.245. The second kappa shape index (κ2) is 7.09. The molecule has 2 rings (SSSR count). The Hall–Kier alpha value is -2.62. The van der Waals surface area contributed by atoms with Gasteiger partial charge in [-0.15, -0.1) is 0 Å². The summed E-state index contributed by atoms with van der Waals surface area (Å²) in [6.07, 6.45) is 0. The van der Waals surface area contributed by atoms with Gasteiger partial charge in [-0.2, -0.15) is 0 Å². The first-order chi connectivity index (χ1) is 10.9. The summed E-state index contributed by atoms with van der Waals surface area (Å²) in [7, 11) is 0. The zero-order chi connectivity index (χ0) is 17.0. The topological polar surface area (TPSA) is 49.4 Å². The van der Waals surface area contributed by atoms with Crippen LogP contribution < -0.4 is 5.32 Å². The summed E-state index contributed by atoms with van der Waals surface area (Å²) in [6, 6.07) is 14.1. The zero-order valence-corrected chi connectivity index (χ0v) is 14.0. The number of carbonyl (C=O) groups is 2. The summed E-state index contributed by atoms with van der Waals surface area (Å²) in [4.78, 5) is 26.8. The van der Waals surface area contributed by atoms with Crippen molar-refractivity contribution in [3.8, 4) is 0 Å². The molecule has 0 atom stereocenters. The van der Waals surface area contributed by atoms with Gasteiger partial charge in [-0.3, -0.25) is 9.69 Å². The van der Waals surface area contributed by atoms with Crippen LogP contribution in [0.1, 0.15) is 35.3 Å². The Morgan fingerprint density at radius 1 is 0.913 bits per heavy atom. The Balaban J connectivity index is 2.31. The molecule has 2 aromatic carbocycles. The molecule has 0 aromatic heterocycles. The van der Waals surface area contributed by atoms with E-state index in [9.17, 15) is 9.59 Å². The van der Waals surface area contributed by atoms with Crippen LogP contribution in [0.4, 0.5) is 10.5 Å². The van der Waals surface area contributed by atoms with Gasteiger partial charge < -0.3 is 5.32 Å². The van der Waals surface area contributed by atoms with Gasteiger partial charge in [0.2, 0.25) is 0 Å². The molecule has 0 heterocycles. The number of nitrogens with zero attached hydrogens (tertiary/aromatic N) is 1. The lowest BCUT2D eigenvalue weighted by molar-refractivity contribution is 0.0774. The quantitative estimate of drug-likeness (QED) is 0.914. The minimum atomic E-state index is -0.418. The molecule has 0 aliphatic rings. The van der Waals surface area contributed by atoms with Crippen LogP contribution in [-0.4, -0.2) is 22.9 Å². The number of nitrogens with one attached hydrogen (secondary N) is 1. The monoisotopic (exact) mass is 310 g/mol. The first-order valence-electron chi connectivity index (χ1n) is 7.67. The van der Waals surface area contributed by atoms with Gasteiger partial charge in [0.05, 0.1) is 0 Å². The van der Waals surface area contributed by atoms with Gasteiger partial charge in [0, 0.05) is 17.3 Å². The van der Waals surface area contributed by atoms with Crippen molar-refractivity contribution in [2.24, 2.45) is 0 Å². The molecule has 0 aliphatic carbocycles. The highest BCUT2D eigenvalue weighted by molar-refractivity contribution is 6.09. The van der Waals surface area contributed by atoms with Crippen LogP contribution in [0.3, 0.4) is 0 Å². The van der Waals surface area contributed by atoms with E-state index in [1.165, 1.54) is 4.90 Å². The van der Waals surface area contributed by atoms with E-state index >= 15 is 0 Å². The number of benzene rings is 2. The van der Waals surface area contributed by atoms with E-state index in [2.05, 4.69) is 5.32 Å². The van der Waals surface area contributed by atoms with Gasteiger partial charge in [0.25, 0.3) is 5.91 Å². The van der Waals surface area contributed by atoms with Crippen LogP contribution in [0.2, 0.25) is 0 Å². The van der Waals surface area contributed by atoms with Crippen LogP contribution in [0.15, 0.2) is 48.5 Å². The Morgan fingerprint density at radius 2 is 1.48 bits per heavy atom. The fourth-order valence-electron chi connectivity index (χ4n) is 2.54. The van der Waals surface area contributed by atoms with Crippen LogP contribution in [0.5, 0.6) is 0 Å². The number of carbonyl (C=O) groups excluding carboxylic acids is 2. The molecular formula is C19H22N2O2. The fourth-order valence-corrected chi connectivity index (χ4v) is 2.54. The maximum Gasteiger partial charge on any atom is 0.329 e. The highest BCUT2D eigenvalue weighted by Gasteiger charge is 2.27. The second-order valence-corrected chi connectivity index (χ2v) is 5.83. The van der Waals surface area contributed by atoms with Crippen molar-refractivity contribution in [2.75, 3.05) is 5.32 Å². The van der Waals surface area contributed by atoms with Crippen molar-refractivity contribution >= 4 is 17.6 Å². The number of hydrogen-bond donors (Lipinski definition) is 1. The fraction of sp³-hybridized carbons (Fsp3) is 0.263. The summed E-state index contributed by atoms with van der Waals surface area (Å²) in [5, 5.41) is 2.78. The maximum atomic E-state index is 12.9. The van der Waals surface area contributed by atoms with Gasteiger partial charge in [0.15, 0.2) is 0 Å². The molecule has 4 heteroatoms.